The van der Waals surface area contributed by atoms with Crippen molar-refractivity contribution in [1.82, 2.24) is 4.98 Å². The van der Waals surface area contributed by atoms with E-state index in [0.29, 0.717) is 17.7 Å². The van der Waals surface area contributed by atoms with Gasteiger partial charge in [-0.15, -0.1) is 0 Å². The number of aliphatic hydroxyl groups is 1. The van der Waals surface area contributed by atoms with Gasteiger partial charge in [-0.3, -0.25) is 4.98 Å². The van der Waals surface area contributed by atoms with Gasteiger partial charge in [0.05, 0.1) is 20.1 Å². The third kappa shape index (κ3) is 5.15. The van der Waals surface area contributed by atoms with Crippen LogP contribution < -0.4 is 0 Å². The van der Waals surface area contributed by atoms with E-state index in [9.17, 15) is 9.90 Å². The van der Waals surface area contributed by atoms with Crippen molar-refractivity contribution < 1.29 is 19.1 Å². The number of likely N-dealkylation sites (tertiary alicyclic amines) is 1. The molecule has 1 saturated heterocycles. The Hall–Kier alpha value is -3.02. The van der Waals surface area contributed by atoms with Crippen molar-refractivity contribution >= 4 is 5.97 Å². The zero-order chi connectivity index (χ0) is 23.2. The quantitative estimate of drug-likeness (QED) is 0.398. The lowest BCUT2D eigenvalue weighted by Gasteiger charge is -2.36. The molecule has 0 saturated carbocycles. The molecule has 33 heavy (non-hydrogen) atoms. The van der Waals surface area contributed by atoms with Crippen LogP contribution in [0.2, 0.25) is 0 Å². The molecule has 0 amide bonds. The summed E-state index contributed by atoms with van der Waals surface area (Å²) in [6.07, 6.45) is 5.95. The number of rotatable bonds is 9. The highest BCUT2D eigenvalue weighted by molar-refractivity contribution is 5.85. The van der Waals surface area contributed by atoms with E-state index < -0.39 is 11.6 Å². The number of esters is 1. The molecule has 1 aliphatic heterocycles. The molecule has 0 radical (unpaired) electrons. The van der Waals surface area contributed by atoms with E-state index in [-0.39, 0.29) is 6.04 Å². The average molecular weight is 446 g/mol. The number of carbonyl (C=O) groups excluding carboxylic acids is 1. The first-order chi connectivity index (χ1) is 16.0. The summed E-state index contributed by atoms with van der Waals surface area (Å²) in [5, 5.41) is 11.6. The predicted octanol–water partition coefficient (Wildman–Crippen LogP) is 4.10. The van der Waals surface area contributed by atoms with E-state index in [4.69, 9.17) is 4.74 Å². The van der Waals surface area contributed by atoms with Gasteiger partial charge >= 0.3 is 5.97 Å². The molecule has 4 rings (SSSR count). The third-order valence-corrected chi connectivity index (χ3v) is 7.00. The number of hydrogen-bond acceptors (Lipinski definition) is 4. The smallest absolute Gasteiger partial charge is 0.347 e. The summed E-state index contributed by atoms with van der Waals surface area (Å²) in [6, 6.07) is 24.3. The van der Waals surface area contributed by atoms with E-state index in [1.807, 2.05) is 54.7 Å². The zero-order valence-electron chi connectivity index (χ0n) is 19.3. The largest absolute Gasteiger partial charge is 0.457 e. The molecule has 2 heterocycles. The molecule has 1 unspecified atom stereocenters. The second-order valence-electron chi connectivity index (χ2n) is 9.19. The minimum Gasteiger partial charge on any atom is -0.457 e. The van der Waals surface area contributed by atoms with Crippen LogP contribution in [-0.2, 0) is 21.6 Å². The van der Waals surface area contributed by atoms with Gasteiger partial charge in [0.25, 0.3) is 0 Å². The Bertz CT molecular complexity index is 987. The van der Waals surface area contributed by atoms with Crippen LogP contribution >= 0.6 is 0 Å². The first kappa shape index (κ1) is 23.1. The van der Waals surface area contributed by atoms with Gasteiger partial charge in [-0.1, -0.05) is 66.7 Å². The molecule has 1 fully saturated rings. The average Bonchev–Trinajstić information content (AvgIpc) is 3.23. The van der Waals surface area contributed by atoms with Crippen LogP contribution in [0.3, 0.4) is 0 Å². The standard InChI is InChI=1S/C28H33N2O3/c1-30(20-10-17-25-16-8-9-19-29-25)21-11-18-26(30)22-33-27(31)28(32,23-12-4-2-5-13-23)24-14-6-3-7-15-24/h2-9,12-16,19,26,32H,10-11,17-18,20-22H2,1H3/q+1/t26-,30?/m1/s1. The molecule has 1 aliphatic rings. The molecule has 2 atom stereocenters. The molecule has 0 bridgehead atoms. The van der Waals surface area contributed by atoms with Gasteiger partial charge < -0.3 is 14.3 Å². The van der Waals surface area contributed by atoms with Crippen molar-refractivity contribution in [3.8, 4) is 0 Å². The fourth-order valence-corrected chi connectivity index (χ4v) is 4.94. The number of nitrogens with zero attached hydrogens (tertiary/aromatic N) is 2. The van der Waals surface area contributed by atoms with Crippen LogP contribution in [0.4, 0.5) is 0 Å². The fraction of sp³-hybridized carbons (Fsp3) is 0.357. The van der Waals surface area contributed by atoms with Crippen LogP contribution in [0.15, 0.2) is 85.1 Å². The van der Waals surface area contributed by atoms with Crippen molar-refractivity contribution in [2.75, 3.05) is 26.7 Å². The number of aryl methyl sites for hydroxylation is 1. The van der Waals surface area contributed by atoms with Crippen LogP contribution in [-0.4, -0.2) is 53.3 Å². The first-order valence-corrected chi connectivity index (χ1v) is 11.8. The molecule has 2 aromatic carbocycles. The Morgan fingerprint density at radius 3 is 2.27 bits per heavy atom. The summed E-state index contributed by atoms with van der Waals surface area (Å²) in [6.45, 7) is 2.40. The Labute approximate surface area is 196 Å². The molecule has 1 aromatic heterocycles. The monoisotopic (exact) mass is 445 g/mol. The normalized spacial score (nSPS) is 20.5. The lowest BCUT2D eigenvalue weighted by molar-refractivity contribution is -0.921. The Kier molecular flexibility index (Phi) is 7.21. The van der Waals surface area contributed by atoms with Gasteiger partial charge in [-0.25, -0.2) is 4.79 Å². The Morgan fingerprint density at radius 1 is 1.03 bits per heavy atom. The topological polar surface area (TPSA) is 59.4 Å². The molecule has 1 N–H and O–H groups in total. The molecule has 0 aliphatic carbocycles. The van der Waals surface area contributed by atoms with Crippen LogP contribution in [0.1, 0.15) is 36.1 Å². The van der Waals surface area contributed by atoms with Crippen molar-refractivity contribution in [3.05, 3.63) is 102 Å². The van der Waals surface area contributed by atoms with Crippen LogP contribution in [0, 0.1) is 0 Å². The number of benzene rings is 2. The van der Waals surface area contributed by atoms with Crippen LogP contribution in [0.5, 0.6) is 0 Å². The van der Waals surface area contributed by atoms with Crippen molar-refractivity contribution in [2.24, 2.45) is 0 Å². The van der Waals surface area contributed by atoms with Gasteiger partial charge in [-0.2, -0.15) is 0 Å². The van der Waals surface area contributed by atoms with E-state index in [1.54, 1.807) is 24.3 Å². The predicted molar refractivity (Wildman–Crippen MR) is 128 cm³/mol. The molecular formula is C28H33N2O3+. The lowest BCUT2D eigenvalue weighted by atomic mass is 9.86. The fourth-order valence-electron chi connectivity index (χ4n) is 4.94. The maximum absolute atomic E-state index is 13.3. The number of ether oxygens (including phenoxy) is 1. The highest BCUT2D eigenvalue weighted by atomic mass is 16.6. The number of likely N-dealkylation sites (N-methyl/N-ethyl adjacent to an activating group) is 1. The minimum absolute atomic E-state index is 0.230. The van der Waals surface area contributed by atoms with Gasteiger partial charge in [0.1, 0.15) is 12.6 Å². The van der Waals surface area contributed by atoms with Gasteiger partial charge in [0, 0.05) is 31.2 Å². The summed E-state index contributed by atoms with van der Waals surface area (Å²) < 4.78 is 6.73. The second-order valence-corrected chi connectivity index (χ2v) is 9.19. The first-order valence-electron chi connectivity index (χ1n) is 11.8. The summed E-state index contributed by atoms with van der Waals surface area (Å²) in [5.41, 5.74) is 0.311. The zero-order valence-corrected chi connectivity index (χ0v) is 19.3. The highest BCUT2D eigenvalue weighted by Crippen LogP contribution is 2.32. The maximum Gasteiger partial charge on any atom is 0.347 e. The number of hydrogen-bond donors (Lipinski definition) is 1. The van der Waals surface area contributed by atoms with Crippen molar-refractivity contribution in [2.45, 2.75) is 37.3 Å². The van der Waals surface area contributed by atoms with Crippen molar-refractivity contribution in [1.29, 1.82) is 0 Å². The SMILES string of the molecule is C[N+]1(CCCc2ccccn2)CCC[C@@H]1COC(=O)C(O)(c1ccccc1)c1ccccc1. The highest BCUT2D eigenvalue weighted by Gasteiger charge is 2.44. The number of pyridine rings is 1. The van der Waals surface area contributed by atoms with E-state index >= 15 is 0 Å². The third-order valence-electron chi connectivity index (χ3n) is 7.00. The van der Waals surface area contributed by atoms with Gasteiger partial charge in [-0.05, 0) is 29.7 Å². The summed E-state index contributed by atoms with van der Waals surface area (Å²) in [7, 11) is 2.25. The molecule has 5 heteroatoms. The van der Waals surface area contributed by atoms with Crippen LogP contribution in [0.25, 0.3) is 0 Å². The van der Waals surface area contributed by atoms with E-state index in [1.165, 1.54) is 0 Å². The van der Waals surface area contributed by atoms with E-state index in [2.05, 4.69) is 18.1 Å². The molecule has 5 nitrogen and oxygen atoms in total. The minimum atomic E-state index is -1.83. The lowest BCUT2D eigenvalue weighted by Crippen LogP contribution is -2.51. The Balaban J connectivity index is 1.43. The number of aromatic nitrogens is 1. The molecule has 0 spiro atoms. The maximum atomic E-state index is 13.3. The Morgan fingerprint density at radius 2 is 1.67 bits per heavy atom. The summed E-state index contributed by atoms with van der Waals surface area (Å²) in [5.74, 6) is -0.619. The number of quaternary nitrogens is 1. The molecular weight excluding hydrogens is 412 g/mol. The molecule has 3 aromatic rings. The second kappa shape index (κ2) is 10.3. The summed E-state index contributed by atoms with van der Waals surface area (Å²) in [4.78, 5) is 17.8. The number of carbonyl (C=O) groups is 1. The van der Waals surface area contributed by atoms with E-state index in [0.717, 1.165) is 48.9 Å². The van der Waals surface area contributed by atoms with Crippen molar-refractivity contribution in [3.63, 3.8) is 0 Å². The van der Waals surface area contributed by atoms with Gasteiger partial charge in [0.2, 0.25) is 5.60 Å². The molecule has 172 valence electrons. The van der Waals surface area contributed by atoms with Gasteiger partial charge in [0.15, 0.2) is 0 Å². The summed E-state index contributed by atoms with van der Waals surface area (Å²) >= 11 is 0.